The number of methoxy groups -OCH3 is 1. The van der Waals surface area contributed by atoms with E-state index in [1.54, 1.807) is 7.11 Å². The Hall–Kier alpha value is -0.120. The summed E-state index contributed by atoms with van der Waals surface area (Å²) in [5, 5.41) is 0. The minimum Gasteiger partial charge on any atom is -0.383 e. The molecule has 2 unspecified atom stereocenters. The smallest absolute Gasteiger partial charge is 0.0615 e. The Balaban J connectivity index is 4.60. The van der Waals surface area contributed by atoms with Crippen LogP contribution in [-0.4, -0.2) is 43.8 Å². The van der Waals surface area contributed by atoms with E-state index in [1.165, 1.54) is 0 Å². The monoisotopic (exact) mass is 216 g/mol. The van der Waals surface area contributed by atoms with Gasteiger partial charge in [0.15, 0.2) is 0 Å². The fraction of sp³-hybridized carbons (Fsp3) is 1.00. The van der Waals surface area contributed by atoms with Gasteiger partial charge in [0.25, 0.3) is 0 Å². The molecule has 0 saturated heterocycles. The fourth-order valence-electron chi connectivity index (χ4n) is 2.16. The summed E-state index contributed by atoms with van der Waals surface area (Å²) in [5.41, 5.74) is 6.10. The lowest BCUT2D eigenvalue weighted by atomic mass is 9.85. The Morgan fingerprint density at radius 1 is 1.33 bits per heavy atom. The minimum atomic E-state index is 0.215. The molecule has 2 N–H and O–H groups in total. The zero-order chi connectivity index (χ0) is 12.1. The van der Waals surface area contributed by atoms with Crippen molar-refractivity contribution in [3.8, 4) is 0 Å². The van der Waals surface area contributed by atoms with E-state index in [9.17, 15) is 0 Å². The van der Waals surface area contributed by atoms with Gasteiger partial charge in [0, 0.05) is 25.7 Å². The third-order valence-electron chi connectivity index (χ3n) is 2.96. The van der Waals surface area contributed by atoms with E-state index in [1.807, 2.05) is 0 Å². The topological polar surface area (TPSA) is 38.5 Å². The van der Waals surface area contributed by atoms with Gasteiger partial charge in [-0.25, -0.2) is 0 Å². The van der Waals surface area contributed by atoms with E-state index in [-0.39, 0.29) is 5.41 Å². The summed E-state index contributed by atoms with van der Waals surface area (Å²) in [7, 11) is 1.75. The van der Waals surface area contributed by atoms with Gasteiger partial charge in [0.1, 0.15) is 0 Å². The molecule has 0 radical (unpaired) electrons. The minimum absolute atomic E-state index is 0.215. The van der Waals surface area contributed by atoms with E-state index in [0.717, 1.165) is 13.2 Å². The maximum atomic E-state index is 5.89. The Labute approximate surface area is 95.0 Å². The maximum Gasteiger partial charge on any atom is 0.0615 e. The molecule has 3 heteroatoms. The number of nitrogens with zero attached hydrogens (tertiary/aromatic N) is 1. The first-order chi connectivity index (χ1) is 6.88. The summed E-state index contributed by atoms with van der Waals surface area (Å²) in [6.07, 6.45) is 0. The van der Waals surface area contributed by atoms with Crippen LogP contribution < -0.4 is 5.73 Å². The molecule has 0 bridgehead atoms. The number of rotatable bonds is 6. The SMILES string of the molecule is CCN(C(C)COC)C(CN)C(C)(C)C. The summed E-state index contributed by atoms with van der Waals surface area (Å²) in [6.45, 7) is 13.6. The van der Waals surface area contributed by atoms with Gasteiger partial charge in [0.05, 0.1) is 6.61 Å². The third-order valence-corrected chi connectivity index (χ3v) is 2.96. The third kappa shape index (κ3) is 4.49. The average molecular weight is 216 g/mol. The number of ether oxygens (including phenoxy) is 1. The molecule has 0 aromatic carbocycles. The second-order valence-corrected chi connectivity index (χ2v) is 5.25. The highest BCUT2D eigenvalue weighted by molar-refractivity contribution is 4.86. The fourth-order valence-corrected chi connectivity index (χ4v) is 2.16. The largest absolute Gasteiger partial charge is 0.383 e. The Bertz CT molecular complexity index is 165. The van der Waals surface area contributed by atoms with Crippen LogP contribution >= 0.6 is 0 Å². The molecule has 92 valence electrons. The first-order valence-corrected chi connectivity index (χ1v) is 5.83. The highest BCUT2D eigenvalue weighted by Gasteiger charge is 2.30. The Morgan fingerprint density at radius 3 is 2.13 bits per heavy atom. The van der Waals surface area contributed by atoms with Crippen molar-refractivity contribution in [1.29, 1.82) is 0 Å². The van der Waals surface area contributed by atoms with E-state index < -0.39 is 0 Å². The van der Waals surface area contributed by atoms with Gasteiger partial charge >= 0.3 is 0 Å². The average Bonchev–Trinajstić information content (AvgIpc) is 2.11. The van der Waals surface area contributed by atoms with Crippen molar-refractivity contribution < 1.29 is 4.74 Å². The van der Waals surface area contributed by atoms with Crippen LogP contribution in [0, 0.1) is 5.41 Å². The zero-order valence-corrected chi connectivity index (χ0v) is 11.2. The van der Waals surface area contributed by atoms with Gasteiger partial charge in [-0.15, -0.1) is 0 Å². The van der Waals surface area contributed by atoms with Crippen molar-refractivity contribution in [2.45, 2.75) is 46.7 Å². The van der Waals surface area contributed by atoms with Crippen LogP contribution in [0.1, 0.15) is 34.6 Å². The van der Waals surface area contributed by atoms with Crippen LogP contribution in [0.15, 0.2) is 0 Å². The first-order valence-electron chi connectivity index (χ1n) is 5.83. The molecule has 0 aromatic rings. The summed E-state index contributed by atoms with van der Waals surface area (Å²) in [6, 6.07) is 0.834. The van der Waals surface area contributed by atoms with E-state index >= 15 is 0 Å². The summed E-state index contributed by atoms with van der Waals surface area (Å²) >= 11 is 0. The molecule has 0 aliphatic heterocycles. The second-order valence-electron chi connectivity index (χ2n) is 5.25. The molecule has 0 aliphatic rings. The Kier molecular flexibility index (Phi) is 6.41. The number of hydrogen-bond acceptors (Lipinski definition) is 3. The highest BCUT2D eigenvalue weighted by atomic mass is 16.5. The highest BCUT2D eigenvalue weighted by Crippen LogP contribution is 2.25. The summed E-state index contributed by atoms with van der Waals surface area (Å²) in [4.78, 5) is 2.43. The molecule has 15 heavy (non-hydrogen) atoms. The van der Waals surface area contributed by atoms with Crippen LogP contribution in [0.2, 0.25) is 0 Å². The van der Waals surface area contributed by atoms with Gasteiger partial charge in [0.2, 0.25) is 0 Å². The second kappa shape index (κ2) is 6.46. The molecule has 0 amide bonds. The molecule has 0 aliphatic carbocycles. The standard InChI is InChI=1S/C12H28N2O/c1-7-14(10(2)9-15-6)11(8-13)12(3,4)5/h10-11H,7-9,13H2,1-6H3. The predicted molar refractivity (Wildman–Crippen MR) is 66.0 cm³/mol. The number of nitrogens with two attached hydrogens (primary N) is 1. The van der Waals surface area contributed by atoms with Crippen molar-refractivity contribution in [3.63, 3.8) is 0 Å². The van der Waals surface area contributed by atoms with E-state index in [0.29, 0.717) is 18.6 Å². The lowest BCUT2D eigenvalue weighted by Crippen LogP contribution is -2.53. The number of likely N-dealkylation sites (N-methyl/N-ethyl adjacent to an activating group) is 1. The van der Waals surface area contributed by atoms with Crippen LogP contribution in [0.3, 0.4) is 0 Å². The lowest BCUT2D eigenvalue weighted by molar-refractivity contribution is 0.0341. The van der Waals surface area contributed by atoms with Gasteiger partial charge in [-0.2, -0.15) is 0 Å². The van der Waals surface area contributed by atoms with Gasteiger partial charge < -0.3 is 10.5 Å². The molecular weight excluding hydrogens is 188 g/mol. The molecule has 0 spiro atoms. The quantitative estimate of drug-likeness (QED) is 0.734. The normalized spacial score (nSPS) is 16.8. The van der Waals surface area contributed by atoms with Crippen LogP contribution in [0.4, 0.5) is 0 Å². The van der Waals surface area contributed by atoms with Crippen LogP contribution in [0.5, 0.6) is 0 Å². The number of hydrogen-bond donors (Lipinski definition) is 1. The van der Waals surface area contributed by atoms with Crippen LogP contribution in [-0.2, 0) is 4.74 Å². The Morgan fingerprint density at radius 2 is 1.87 bits per heavy atom. The molecule has 0 rings (SSSR count). The van der Waals surface area contributed by atoms with Gasteiger partial charge in [-0.3, -0.25) is 4.90 Å². The lowest BCUT2D eigenvalue weighted by Gasteiger charge is -2.42. The molecular formula is C12H28N2O. The summed E-state index contributed by atoms with van der Waals surface area (Å²) < 4.78 is 5.21. The molecule has 3 nitrogen and oxygen atoms in total. The first kappa shape index (κ1) is 14.9. The molecule has 0 fully saturated rings. The predicted octanol–water partition coefficient (Wildman–Crippen LogP) is 1.72. The molecule has 2 atom stereocenters. The van der Waals surface area contributed by atoms with Gasteiger partial charge in [-0.05, 0) is 18.9 Å². The summed E-state index contributed by atoms with van der Waals surface area (Å²) in [5.74, 6) is 0. The van der Waals surface area contributed by atoms with Crippen molar-refractivity contribution in [1.82, 2.24) is 4.90 Å². The van der Waals surface area contributed by atoms with E-state index in [4.69, 9.17) is 10.5 Å². The van der Waals surface area contributed by atoms with Crippen LogP contribution in [0.25, 0.3) is 0 Å². The van der Waals surface area contributed by atoms with Crippen molar-refractivity contribution in [3.05, 3.63) is 0 Å². The van der Waals surface area contributed by atoms with Crippen molar-refractivity contribution in [2.24, 2.45) is 11.1 Å². The van der Waals surface area contributed by atoms with Gasteiger partial charge in [-0.1, -0.05) is 27.7 Å². The molecule has 0 heterocycles. The van der Waals surface area contributed by atoms with Crippen molar-refractivity contribution >= 4 is 0 Å². The molecule has 0 aromatic heterocycles. The van der Waals surface area contributed by atoms with Crippen molar-refractivity contribution in [2.75, 3.05) is 26.8 Å². The maximum absolute atomic E-state index is 5.89. The zero-order valence-electron chi connectivity index (χ0n) is 11.2. The van der Waals surface area contributed by atoms with E-state index in [2.05, 4.69) is 39.5 Å². The molecule has 0 saturated carbocycles.